The number of unbranched alkanes of at least 4 members (excludes halogenated alkanes) is 1. The molecule has 5 nitrogen and oxygen atoms in total. The van der Waals surface area contributed by atoms with Gasteiger partial charge < -0.3 is 9.64 Å². The summed E-state index contributed by atoms with van der Waals surface area (Å²) in [6.45, 7) is 13.9. The van der Waals surface area contributed by atoms with Crippen LogP contribution in [0.5, 0.6) is 0 Å². The Hall–Kier alpha value is -3.91. The minimum Gasteiger partial charge on any atom is -0.459 e. The average Bonchev–Trinajstić information content (AvgIpc) is 2.91. The maximum atomic E-state index is 13.3. The number of carbonyl (C=O) groups excluding carboxylic acids is 2. The zero-order valence-corrected chi connectivity index (χ0v) is 21.3. The summed E-state index contributed by atoms with van der Waals surface area (Å²) in [5.74, 6) is -0.542. The minimum atomic E-state index is -0.680. The van der Waals surface area contributed by atoms with E-state index in [2.05, 4.69) is 4.85 Å². The zero-order valence-electron chi connectivity index (χ0n) is 21.3. The fourth-order valence-corrected chi connectivity index (χ4v) is 4.19. The van der Waals surface area contributed by atoms with E-state index in [9.17, 15) is 9.59 Å². The third-order valence-corrected chi connectivity index (χ3v) is 6.14. The maximum Gasteiger partial charge on any atom is 0.329 e. The second-order valence-electron chi connectivity index (χ2n) is 9.23. The smallest absolute Gasteiger partial charge is 0.329 e. The molecule has 3 aromatic rings. The van der Waals surface area contributed by atoms with E-state index in [1.165, 1.54) is 0 Å². The Kier molecular flexibility index (Phi) is 9.82. The molecule has 0 radical (unpaired) electrons. The van der Waals surface area contributed by atoms with Crippen molar-refractivity contribution >= 4 is 17.6 Å². The zero-order chi connectivity index (χ0) is 25.9. The van der Waals surface area contributed by atoms with Crippen molar-refractivity contribution in [2.75, 3.05) is 0 Å². The number of esters is 1. The number of carbonyl (C=O) groups is 2. The number of hydrogen-bond donors (Lipinski definition) is 0. The molecule has 36 heavy (non-hydrogen) atoms. The lowest BCUT2D eigenvalue weighted by Crippen LogP contribution is -2.48. The summed E-state index contributed by atoms with van der Waals surface area (Å²) in [7, 11) is 0. The van der Waals surface area contributed by atoms with Crippen molar-refractivity contribution in [3.8, 4) is 11.1 Å². The average molecular weight is 483 g/mol. The number of hydrogen-bond acceptors (Lipinski definition) is 3. The van der Waals surface area contributed by atoms with E-state index in [0.717, 1.165) is 35.1 Å². The molecule has 3 rings (SSSR count). The van der Waals surface area contributed by atoms with Crippen LogP contribution in [0.3, 0.4) is 0 Å². The molecule has 0 fully saturated rings. The molecule has 0 aliphatic rings. The Morgan fingerprint density at radius 3 is 2.22 bits per heavy atom. The van der Waals surface area contributed by atoms with Crippen LogP contribution < -0.4 is 0 Å². The van der Waals surface area contributed by atoms with Crippen LogP contribution in [0, 0.1) is 12.5 Å². The Bertz CT molecular complexity index is 1180. The van der Waals surface area contributed by atoms with E-state index in [4.69, 9.17) is 11.3 Å². The van der Waals surface area contributed by atoms with Crippen LogP contribution >= 0.6 is 0 Å². The predicted octanol–water partition coefficient (Wildman–Crippen LogP) is 7.19. The molecule has 5 heteroatoms. The predicted molar refractivity (Wildman–Crippen MR) is 143 cm³/mol. The van der Waals surface area contributed by atoms with E-state index in [0.29, 0.717) is 18.7 Å². The van der Waals surface area contributed by atoms with Crippen LogP contribution in [0.25, 0.3) is 16.0 Å². The van der Waals surface area contributed by atoms with E-state index in [1.807, 2.05) is 93.6 Å². The first kappa shape index (κ1) is 26.7. The second-order valence-corrected chi connectivity index (χ2v) is 9.23. The first-order valence-electron chi connectivity index (χ1n) is 12.5. The molecule has 186 valence electrons. The first-order chi connectivity index (χ1) is 17.4. The largest absolute Gasteiger partial charge is 0.459 e. The van der Waals surface area contributed by atoms with Crippen LogP contribution in [0.1, 0.15) is 51.2 Å². The Labute approximate surface area is 214 Å². The minimum absolute atomic E-state index is 0.0466. The summed E-state index contributed by atoms with van der Waals surface area (Å²) in [6, 6.07) is 24.2. The number of nitrogens with zero attached hydrogens (tertiary/aromatic N) is 2. The lowest BCUT2D eigenvalue weighted by molar-refractivity contribution is -0.159. The number of ether oxygens (including phenoxy) is 1. The van der Waals surface area contributed by atoms with Crippen molar-refractivity contribution in [3.05, 3.63) is 101 Å². The van der Waals surface area contributed by atoms with Crippen molar-refractivity contribution in [1.29, 1.82) is 0 Å². The molecular formula is C31H34N2O3. The monoisotopic (exact) mass is 482 g/mol. The van der Waals surface area contributed by atoms with Gasteiger partial charge in [-0.1, -0.05) is 106 Å². The summed E-state index contributed by atoms with van der Waals surface area (Å²) in [4.78, 5) is 31.8. The van der Waals surface area contributed by atoms with Crippen LogP contribution in [0.4, 0.5) is 5.69 Å². The molecular weight excluding hydrogens is 448 g/mol. The molecule has 1 amide bonds. The highest BCUT2D eigenvalue weighted by molar-refractivity contribution is 5.85. The third kappa shape index (κ3) is 7.05. The lowest BCUT2D eigenvalue weighted by Gasteiger charge is -2.33. The molecule has 0 bridgehead atoms. The summed E-state index contributed by atoms with van der Waals surface area (Å²) < 4.78 is 5.67. The molecule has 0 unspecified atom stereocenters. The summed E-state index contributed by atoms with van der Waals surface area (Å²) >= 11 is 0. The van der Waals surface area contributed by atoms with E-state index in [1.54, 1.807) is 11.0 Å². The molecule has 0 heterocycles. The van der Waals surface area contributed by atoms with Crippen LogP contribution in [0.2, 0.25) is 0 Å². The second kappa shape index (κ2) is 13.3. The Balaban J connectivity index is 1.83. The molecule has 1 atom stereocenters. The van der Waals surface area contributed by atoms with Crippen molar-refractivity contribution in [3.63, 3.8) is 0 Å². The fourth-order valence-electron chi connectivity index (χ4n) is 4.19. The summed E-state index contributed by atoms with van der Waals surface area (Å²) in [6.07, 6.45) is 2.06. The van der Waals surface area contributed by atoms with Gasteiger partial charge in [0.25, 0.3) is 0 Å². The molecule has 3 aromatic carbocycles. The van der Waals surface area contributed by atoms with Gasteiger partial charge in [-0.05, 0) is 34.6 Å². The molecule has 0 aliphatic carbocycles. The third-order valence-electron chi connectivity index (χ3n) is 6.14. The highest BCUT2D eigenvalue weighted by Crippen LogP contribution is 2.30. The molecule has 0 spiro atoms. The van der Waals surface area contributed by atoms with Gasteiger partial charge in [-0.15, -0.1) is 0 Å². The highest BCUT2D eigenvalue weighted by atomic mass is 16.5. The fraction of sp³-hybridized carbons (Fsp3) is 0.323. The normalized spacial score (nSPS) is 11.5. The van der Waals surface area contributed by atoms with Gasteiger partial charge in [-0.3, -0.25) is 4.79 Å². The van der Waals surface area contributed by atoms with Gasteiger partial charge in [0.2, 0.25) is 5.91 Å². The number of para-hydroxylation sites is 1. The van der Waals surface area contributed by atoms with Crippen LogP contribution in [-0.2, 0) is 27.5 Å². The Morgan fingerprint density at radius 1 is 0.917 bits per heavy atom. The standard InChI is InChI=1S/C31H34N2O3/c1-5-6-16-29(34)33(30(23(2)3)31(35)36-22-25-12-8-7-9-13-25)21-24-17-19-26(20-18-24)27-14-10-11-15-28(27)32-4/h7-15,17-20,23,30H,5-6,16,21-22H2,1-3H3/t30-/m1/s1. The SMILES string of the molecule is [C-]#[N+]c1ccccc1-c1ccc(CN(C(=O)CCCC)[C@@H](C(=O)OCc2ccccc2)C(C)C)cc1. The van der Waals surface area contributed by atoms with Gasteiger partial charge in [0.05, 0.1) is 6.57 Å². The number of rotatable bonds is 11. The summed E-state index contributed by atoms with van der Waals surface area (Å²) in [5, 5.41) is 0. The topological polar surface area (TPSA) is 51.0 Å². The molecule has 0 saturated heterocycles. The maximum absolute atomic E-state index is 13.3. The first-order valence-corrected chi connectivity index (χ1v) is 12.5. The van der Waals surface area contributed by atoms with Gasteiger partial charge in [-0.25, -0.2) is 9.64 Å². The molecule has 0 saturated carbocycles. The van der Waals surface area contributed by atoms with E-state index >= 15 is 0 Å². The van der Waals surface area contributed by atoms with Gasteiger partial charge >= 0.3 is 5.97 Å². The van der Waals surface area contributed by atoms with E-state index < -0.39 is 6.04 Å². The lowest BCUT2D eigenvalue weighted by atomic mass is 9.99. The van der Waals surface area contributed by atoms with Crippen LogP contribution in [0.15, 0.2) is 78.9 Å². The number of amides is 1. The van der Waals surface area contributed by atoms with Crippen molar-refractivity contribution < 1.29 is 14.3 Å². The number of benzene rings is 3. The van der Waals surface area contributed by atoms with Gasteiger partial charge in [-0.2, -0.15) is 0 Å². The Morgan fingerprint density at radius 2 is 1.58 bits per heavy atom. The molecule has 0 N–H and O–H groups in total. The summed E-state index contributed by atoms with van der Waals surface area (Å²) in [5.41, 5.74) is 4.25. The van der Waals surface area contributed by atoms with Gasteiger partial charge in [0.15, 0.2) is 5.69 Å². The molecule has 0 aromatic heterocycles. The van der Waals surface area contributed by atoms with Crippen molar-refractivity contribution in [1.82, 2.24) is 4.90 Å². The quantitative estimate of drug-likeness (QED) is 0.215. The van der Waals surface area contributed by atoms with Gasteiger partial charge in [0.1, 0.15) is 12.6 Å². The highest BCUT2D eigenvalue weighted by Gasteiger charge is 2.33. The van der Waals surface area contributed by atoms with Crippen molar-refractivity contribution in [2.24, 2.45) is 5.92 Å². The van der Waals surface area contributed by atoms with Crippen LogP contribution in [-0.4, -0.2) is 22.8 Å². The molecule has 0 aliphatic heterocycles. The van der Waals surface area contributed by atoms with Gasteiger partial charge in [0, 0.05) is 13.0 Å². The van der Waals surface area contributed by atoms with E-state index in [-0.39, 0.29) is 24.4 Å². The van der Waals surface area contributed by atoms with Crippen molar-refractivity contribution in [2.45, 2.75) is 59.2 Å².